The number of hydrogen-bond donors (Lipinski definition) is 1. The minimum atomic E-state index is -0.0253. The highest BCUT2D eigenvalue weighted by atomic mass is 35.5. The number of ether oxygens (including phenoxy) is 1. The second-order valence-corrected chi connectivity index (χ2v) is 6.75. The predicted molar refractivity (Wildman–Crippen MR) is 107 cm³/mol. The summed E-state index contributed by atoms with van der Waals surface area (Å²) in [6.07, 6.45) is 4.70. The average molecular weight is 384 g/mol. The first-order chi connectivity index (χ1) is 13.1. The molecular weight excluding hydrogens is 362 g/mol. The molecule has 0 unspecified atom stereocenters. The Bertz CT molecular complexity index is 894. The molecule has 1 aromatic heterocycles. The molecule has 0 spiro atoms. The van der Waals surface area contributed by atoms with E-state index in [1.807, 2.05) is 60.3 Å². The summed E-state index contributed by atoms with van der Waals surface area (Å²) in [5.74, 6) is 0.772. The van der Waals surface area contributed by atoms with Crippen LogP contribution in [0, 0.1) is 6.92 Å². The maximum atomic E-state index is 12.2. The number of anilines is 1. The van der Waals surface area contributed by atoms with Gasteiger partial charge in [0.1, 0.15) is 5.75 Å². The normalized spacial score (nSPS) is 10.6. The fourth-order valence-electron chi connectivity index (χ4n) is 2.74. The van der Waals surface area contributed by atoms with Crippen LogP contribution in [0.4, 0.5) is 5.69 Å². The van der Waals surface area contributed by atoms with E-state index in [2.05, 4.69) is 10.4 Å². The van der Waals surface area contributed by atoms with Gasteiger partial charge >= 0.3 is 0 Å². The van der Waals surface area contributed by atoms with Crippen molar-refractivity contribution in [2.75, 3.05) is 11.9 Å². The molecule has 0 aliphatic carbocycles. The summed E-state index contributed by atoms with van der Waals surface area (Å²) in [6.45, 7) is 3.10. The molecule has 0 aliphatic rings. The zero-order chi connectivity index (χ0) is 19.1. The summed E-state index contributed by atoms with van der Waals surface area (Å²) in [5.41, 5.74) is 2.86. The van der Waals surface area contributed by atoms with Crippen molar-refractivity contribution in [3.8, 4) is 5.75 Å². The van der Waals surface area contributed by atoms with Gasteiger partial charge in [-0.15, -0.1) is 0 Å². The number of amides is 1. The van der Waals surface area contributed by atoms with E-state index in [1.54, 1.807) is 12.3 Å². The Kier molecular flexibility index (Phi) is 6.49. The van der Waals surface area contributed by atoms with Crippen LogP contribution in [0.25, 0.3) is 0 Å². The molecule has 1 heterocycles. The van der Waals surface area contributed by atoms with Gasteiger partial charge in [-0.1, -0.05) is 23.7 Å². The number of nitrogens with one attached hydrogen (secondary N) is 1. The Balaban J connectivity index is 1.44. The number of aryl methyl sites for hydroxylation is 1. The van der Waals surface area contributed by atoms with Crippen LogP contribution in [0.15, 0.2) is 60.9 Å². The molecular formula is C21H22ClN3O2. The van der Waals surface area contributed by atoms with E-state index in [0.29, 0.717) is 31.0 Å². The van der Waals surface area contributed by atoms with Gasteiger partial charge in [0.2, 0.25) is 5.91 Å². The maximum absolute atomic E-state index is 12.2. The number of benzene rings is 2. The van der Waals surface area contributed by atoms with Gasteiger partial charge < -0.3 is 10.1 Å². The van der Waals surface area contributed by atoms with Crippen LogP contribution in [0.3, 0.4) is 0 Å². The van der Waals surface area contributed by atoms with Crippen LogP contribution in [0.2, 0.25) is 5.02 Å². The van der Waals surface area contributed by atoms with Crippen molar-refractivity contribution >= 4 is 23.2 Å². The van der Waals surface area contributed by atoms with Crippen LogP contribution in [-0.4, -0.2) is 22.3 Å². The molecule has 27 heavy (non-hydrogen) atoms. The maximum Gasteiger partial charge on any atom is 0.224 e. The molecule has 0 fully saturated rings. The molecule has 0 radical (unpaired) electrons. The van der Waals surface area contributed by atoms with Gasteiger partial charge in [0.15, 0.2) is 0 Å². The third kappa shape index (κ3) is 5.86. The SMILES string of the molecule is Cc1cc(Cl)ccc1OCCCC(=O)Nc1cccc(Cn2cccn2)c1. The molecule has 1 N–H and O–H groups in total. The van der Waals surface area contributed by atoms with E-state index in [0.717, 1.165) is 22.6 Å². The molecule has 0 saturated carbocycles. The van der Waals surface area contributed by atoms with Gasteiger partial charge in [-0.25, -0.2) is 0 Å². The topological polar surface area (TPSA) is 56.1 Å². The van der Waals surface area contributed by atoms with Crippen molar-refractivity contribution in [3.63, 3.8) is 0 Å². The number of carbonyl (C=O) groups is 1. The molecule has 0 saturated heterocycles. The van der Waals surface area contributed by atoms with Crippen molar-refractivity contribution in [2.45, 2.75) is 26.3 Å². The molecule has 3 aromatic rings. The molecule has 0 bridgehead atoms. The second-order valence-electron chi connectivity index (χ2n) is 6.31. The van der Waals surface area contributed by atoms with Crippen molar-refractivity contribution < 1.29 is 9.53 Å². The van der Waals surface area contributed by atoms with Gasteiger partial charge in [0.05, 0.1) is 13.2 Å². The standard InChI is InChI=1S/C21H22ClN3O2/c1-16-13-18(22)8-9-20(16)27-12-3-7-21(26)24-19-6-2-5-17(14-19)15-25-11-4-10-23-25/h2,4-6,8-11,13-14H,3,7,12,15H2,1H3,(H,24,26). The number of hydrogen-bond acceptors (Lipinski definition) is 3. The lowest BCUT2D eigenvalue weighted by molar-refractivity contribution is -0.116. The summed E-state index contributed by atoms with van der Waals surface area (Å²) in [5, 5.41) is 7.82. The predicted octanol–water partition coefficient (Wildman–Crippen LogP) is 4.69. The van der Waals surface area contributed by atoms with Gasteiger partial charge in [-0.2, -0.15) is 5.10 Å². The Morgan fingerprint density at radius 1 is 1.22 bits per heavy atom. The smallest absolute Gasteiger partial charge is 0.224 e. The van der Waals surface area contributed by atoms with Crippen LogP contribution in [0.5, 0.6) is 5.75 Å². The van der Waals surface area contributed by atoms with E-state index in [4.69, 9.17) is 16.3 Å². The second kappa shape index (κ2) is 9.24. The van der Waals surface area contributed by atoms with Gasteiger partial charge in [0.25, 0.3) is 0 Å². The van der Waals surface area contributed by atoms with E-state index in [9.17, 15) is 4.79 Å². The van der Waals surface area contributed by atoms with Crippen molar-refractivity contribution in [3.05, 3.63) is 77.1 Å². The first kappa shape index (κ1) is 19.0. The largest absolute Gasteiger partial charge is 0.493 e. The van der Waals surface area contributed by atoms with Gasteiger partial charge in [-0.05, 0) is 60.9 Å². The van der Waals surface area contributed by atoms with Gasteiger partial charge in [-0.3, -0.25) is 9.48 Å². The molecule has 3 rings (SSSR count). The zero-order valence-corrected chi connectivity index (χ0v) is 15.9. The summed E-state index contributed by atoms with van der Waals surface area (Å²) >= 11 is 5.93. The summed E-state index contributed by atoms with van der Waals surface area (Å²) in [7, 11) is 0. The summed E-state index contributed by atoms with van der Waals surface area (Å²) < 4.78 is 7.57. The number of aromatic nitrogens is 2. The third-order valence-electron chi connectivity index (χ3n) is 4.06. The number of halogens is 1. The highest BCUT2D eigenvalue weighted by Gasteiger charge is 2.05. The molecule has 0 aliphatic heterocycles. The molecule has 0 atom stereocenters. The molecule has 140 valence electrons. The van der Waals surface area contributed by atoms with E-state index in [1.165, 1.54) is 0 Å². The highest BCUT2D eigenvalue weighted by Crippen LogP contribution is 2.22. The quantitative estimate of drug-likeness (QED) is 0.574. The highest BCUT2D eigenvalue weighted by molar-refractivity contribution is 6.30. The Morgan fingerprint density at radius 3 is 2.89 bits per heavy atom. The van der Waals surface area contributed by atoms with Crippen LogP contribution < -0.4 is 10.1 Å². The minimum Gasteiger partial charge on any atom is -0.493 e. The van der Waals surface area contributed by atoms with Crippen molar-refractivity contribution in [1.82, 2.24) is 9.78 Å². The van der Waals surface area contributed by atoms with E-state index < -0.39 is 0 Å². The van der Waals surface area contributed by atoms with Crippen LogP contribution in [0.1, 0.15) is 24.0 Å². The number of nitrogens with zero attached hydrogens (tertiary/aromatic N) is 2. The third-order valence-corrected chi connectivity index (χ3v) is 4.29. The summed E-state index contributed by atoms with van der Waals surface area (Å²) in [4.78, 5) is 12.2. The molecule has 1 amide bonds. The van der Waals surface area contributed by atoms with Crippen molar-refractivity contribution in [2.24, 2.45) is 0 Å². The lowest BCUT2D eigenvalue weighted by Crippen LogP contribution is -2.13. The number of carbonyl (C=O) groups excluding carboxylic acids is 1. The first-order valence-electron chi connectivity index (χ1n) is 8.85. The summed E-state index contributed by atoms with van der Waals surface area (Å²) in [6, 6.07) is 15.2. The molecule has 2 aromatic carbocycles. The van der Waals surface area contributed by atoms with E-state index >= 15 is 0 Å². The lowest BCUT2D eigenvalue weighted by Gasteiger charge is -2.10. The zero-order valence-electron chi connectivity index (χ0n) is 15.2. The number of rotatable bonds is 8. The average Bonchev–Trinajstić information content (AvgIpc) is 3.13. The lowest BCUT2D eigenvalue weighted by atomic mass is 10.2. The van der Waals surface area contributed by atoms with Crippen molar-refractivity contribution in [1.29, 1.82) is 0 Å². The monoisotopic (exact) mass is 383 g/mol. The Hall–Kier alpha value is -2.79. The fraction of sp³-hybridized carbons (Fsp3) is 0.238. The van der Waals surface area contributed by atoms with E-state index in [-0.39, 0.29) is 5.91 Å². The Morgan fingerprint density at radius 2 is 2.11 bits per heavy atom. The Labute approximate surface area is 163 Å². The molecule has 5 nitrogen and oxygen atoms in total. The van der Waals surface area contributed by atoms with Crippen LogP contribution >= 0.6 is 11.6 Å². The first-order valence-corrected chi connectivity index (χ1v) is 9.23. The molecule has 6 heteroatoms. The minimum absolute atomic E-state index is 0.0253. The van der Waals surface area contributed by atoms with Crippen LogP contribution in [-0.2, 0) is 11.3 Å². The fourth-order valence-corrected chi connectivity index (χ4v) is 2.97. The van der Waals surface area contributed by atoms with Gasteiger partial charge in [0, 0.05) is 29.5 Å².